The van der Waals surface area contributed by atoms with Crippen LogP contribution in [0.2, 0.25) is 0 Å². The second kappa shape index (κ2) is 8.54. The highest BCUT2D eigenvalue weighted by Gasteiger charge is 2.42. The van der Waals surface area contributed by atoms with Crippen molar-refractivity contribution in [3.05, 3.63) is 24.0 Å². The Hall–Kier alpha value is -1.93. The Bertz CT molecular complexity index is 1080. The predicted molar refractivity (Wildman–Crippen MR) is 121 cm³/mol. The predicted octanol–water partition coefficient (Wildman–Crippen LogP) is 3.18. The molecule has 0 saturated heterocycles. The van der Waals surface area contributed by atoms with Crippen LogP contribution in [0.5, 0.6) is 0 Å². The van der Waals surface area contributed by atoms with Gasteiger partial charge < -0.3 is 9.88 Å². The van der Waals surface area contributed by atoms with Crippen molar-refractivity contribution in [3.8, 4) is 0 Å². The van der Waals surface area contributed by atoms with Crippen LogP contribution < -0.4 is 5.32 Å². The Labute approximate surface area is 185 Å². The van der Waals surface area contributed by atoms with E-state index >= 15 is 0 Å². The first kappa shape index (κ1) is 22.3. The summed E-state index contributed by atoms with van der Waals surface area (Å²) in [6.07, 6.45) is 6.21. The first-order valence-electron chi connectivity index (χ1n) is 11.4. The van der Waals surface area contributed by atoms with Crippen LogP contribution in [0.1, 0.15) is 51.8 Å². The molecule has 1 aromatic carbocycles. The summed E-state index contributed by atoms with van der Waals surface area (Å²) in [5.41, 5.74) is 1.54. The lowest BCUT2D eigenvalue weighted by atomic mass is 9.84. The normalized spacial score (nSPS) is 24.2. The molecule has 8 heteroatoms. The molecule has 0 radical (unpaired) electrons. The molecule has 7 nitrogen and oxygen atoms in total. The number of sulfonamides is 1. The molecule has 1 heterocycles. The lowest BCUT2D eigenvalue weighted by Crippen LogP contribution is -2.40. The van der Waals surface area contributed by atoms with Crippen LogP contribution in [0.25, 0.3) is 11.0 Å². The van der Waals surface area contributed by atoms with E-state index in [0.717, 1.165) is 29.7 Å². The van der Waals surface area contributed by atoms with Crippen LogP contribution in [0.3, 0.4) is 0 Å². The number of hydrogen-bond donors (Lipinski definition) is 1. The monoisotopic (exact) mass is 446 g/mol. The quantitative estimate of drug-likeness (QED) is 0.675. The van der Waals surface area contributed by atoms with Crippen LogP contribution in [-0.4, -0.2) is 48.3 Å². The molecule has 31 heavy (non-hydrogen) atoms. The maximum Gasteiger partial charge on any atom is 0.242 e. The van der Waals surface area contributed by atoms with E-state index in [-0.39, 0.29) is 16.8 Å². The van der Waals surface area contributed by atoms with Crippen molar-refractivity contribution in [2.45, 2.75) is 69.9 Å². The van der Waals surface area contributed by atoms with Gasteiger partial charge in [0.25, 0.3) is 0 Å². The lowest BCUT2D eigenvalue weighted by molar-refractivity contribution is -0.122. The van der Waals surface area contributed by atoms with Gasteiger partial charge in [0.05, 0.1) is 15.9 Å². The molecule has 2 aliphatic carbocycles. The number of rotatable bonds is 8. The van der Waals surface area contributed by atoms with Crippen LogP contribution in [-0.2, 0) is 27.8 Å². The van der Waals surface area contributed by atoms with Gasteiger partial charge in [-0.2, -0.15) is 0 Å². The number of carbonyl (C=O) groups is 1. The molecule has 170 valence electrons. The van der Waals surface area contributed by atoms with E-state index in [1.807, 2.05) is 13.0 Å². The van der Waals surface area contributed by atoms with E-state index in [2.05, 4.69) is 21.8 Å². The van der Waals surface area contributed by atoms with Gasteiger partial charge in [0.15, 0.2) is 0 Å². The fourth-order valence-electron chi connectivity index (χ4n) is 5.64. The summed E-state index contributed by atoms with van der Waals surface area (Å²) >= 11 is 0. The number of nitrogens with zero attached hydrogens (tertiary/aromatic N) is 3. The Balaban J connectivity index is 1.44. The van der Waals surface area contributed by atoms with Crippen LogP contribution in [0, 0.1) is 17.8 Å². The molecule has 2 fully saturated rings. The van der Waals surface area contributed by atoms with Gasteiger partial charge in [0, 0.05) is 39.5 Å². The average molecular weight is 447 g/mol. The molecule has 2 aliphatic rings. The molecule has 2 bridgehead atoms. The van der Waals surface area contributed by atoms with Gasteiger partial charge in [0.1, 0.15) is 5.82 Å². The third kappa shape index (κ3) is 4.24. The van der Waals surface area contributed by atoms with Gasteiger partial charge in [-0.25, -0.2) is 17.7 Å². The maximum absolute atomic E-state index is 12.6. The summed E-state index contributed by atoms with van der Waals surface area (Å²) in [5, 5.41) is 3.23. The highest BCUT2D eigenvalue weighted by Crippen LogP contribution is 2.49. The van der Waals surface area contributed by atoms with E-state index in [4.69, 9.17) is 0 Å². The SMILES string of the molecule is CCn1c(CCC(=O)N[C@H](C)[C@@H]2C[C@H]3CC[C@H]2C3)nc2cc(S(=O)(=O)N(C)C)ccc21. The van der Waals surface area contributed by atoms with Crippen molar-refractivity contribution in [1.29, 1.82) is 0 Å². The number of benzene rings is 1. The van der Waals surface area contributed by atoms with Crippen LogP contribution in [0.4, 0.5) is 0 Å². The van der Waals surface area contributed by atoms with Gasteiger partial charge >= 0.3 is 0 Å². The van der Waals surface area contributed by atoms with Gasteiger partial charge in [-0.15, -0.1) is 0 Å². The molecule has 1 N–H and O–H groups in total. The highest BCUT2D eigenvalue weighted by molar-refractivity contribution is 7.89. The first-order chi connectivity index (χ1) is 14.7. The smallest absolute Gasteiger partial charge is 0.242 e. The Morgan fingerprint density at radius 2 is 2.06 bits per heavy atom. The van der Waals surface area contributed by atoms with E-state index in [1.165, 1.54) is 44.1 Å². The average Bonchev–Trinajstić information content (AvgIpc) is 3.45. The number of nitrogens with one attached hydrogen (secondary N) is 1. The first-order valence-corrected chi connectivity index (χ1v) is 12.9. The summed E-state index contributed by atoms with van der Waals surface area (Å²) in [6.45, 7) is 4.90. The van der Waals surface area contributed by atoms with Gasteiger partial charge in [-0.1, -0.05) is 6.42 Å². The summed E-state index contributed by atoms with van der Waals surface area (Å²) in [4.78, 5) is 17.5. The minimum Gasteiger partial charge on any atom is -0.353 e. The molecule has 4 rings (SSSR count). The van der Waals surface area contributed by atoms with Crippen molar-refractivity contribution in [2.75, 3.05) is 14.1 Å². The van der Waals surface area contributed by atoms with Crippen molar-refractivity contribution >= 4 is 27.0 Å². The van der Waals surface area contributed by atoms with Crippen LogP contribution >= 0.6 is 0 Å². The molecule has 1 aromatic heterocycles. The zero-order valence-corrected chi connectivity index (χ0v) is 19.8. The van der Waals surface area contributed by atoms with Gasteiger partial charge in [-0.3, -0.25) is 4.79 Å². The number of imidazole rings is 1. The van der Waals surface area contributed by atoms with Crippen molar-refractivity contribution in [2.24, 2.45) is 17.8 Å². The van der Waals surface area contributed by atoms with Gasteiger partial charge in [0.2, 0.25) is 15.9 Å². The second-order valence-corrected chi connectivity index (χ2v) is 11.6. The summed E-state index contributed by atoms with van der Waals surface area (Å²) in [5.74, 6) is 3.18. The van der Waals surface area contributed by atoms with E-state index in [0.29, 0.717) is 24.3 Å². The maximum atomic E-state index is 12.6. The molecule has 0 unspecified atom stereocenters. The Kier molecular flexibility index (Phi) is 6.14. The second-order valence-electron chi connectivity index (χ2n) is 9.41. The summed E-state index contributed by atoms with van der Waals surface area (Å²) in [6, 6.07) is 5.28. The number of fused-ring (bicyclic) bond motifs is 3. The third-order valence-electron chi connectivity index (χ3n) is 7.29. The number of aryl methyl sites for hydroxylation is 2. The lowest BCUT2D eigenvalue weighted by Gasteiger charge is -2.28. The van der Waals surface area contributed by atoms with Crippen LogP contribution in [0.15, 0.2) is 23.1 Å². The van der Waals surface area contributed by atoms with Crippen molar-refractivity contribution < 1.29 is 13.2 Å². The molecule has 4 atom stereocenters. The zero-order chi connectivity index (χ0) is 22.3. The standard InChI is InChI=1S/C23H34N4O3S/c1-5-27-21-9-8-18(31(29,30)26(3)4)14-20(21)25-22(27)10-11-23(28)24-15(2)19-13-16-6-7-17(19)12-16/h8-9,14-17,19H,5-7,10-13H2,1-4H3,(H,24,28)/t15-,16+,17+,19+/m1/s1. The van der Waals surface area contributed by atoms with Crippen molar-refractivity contribution in [1.82, 2.24) is 19.2 Å². The molecule has 2 aromatic rings. The van der Waals surface area contributed by atoms with E-state index < -0.39 is 10.0 Å². The fourth-order valence-corrected chi connectivity index (χ4v) is 6.56. The molecule has 0 aliphatic heterocycles. The minimum absolute atomic E-state index is 0.0702. The Morgan fingerprint density at radius 3 is 2.68 bits per heavy atom. The summed E-state index contributed by atoms with van der Waals surface area (Å²) in [7, 11) is -0.470. The molecule has 1 amide bonds. The zero-order valence-electron chi connectivity index (χ0n) is 19.0. The topological polar surface area (TPSA) is 84.3 Å². The number of hydrogen-bond acceptors (Lipinski definition) is 4. The third-order valence-corrected chi connectivity index (χ3v) is 9.10. The number of carbonyl (C=O) groups excluding carboxylic acids is 1. The molecule has 2 saturated carbocycles. The highest BCUT2D eigenvalue weighted by atomic mass is 32.2. The molecular weight excluding hydrogens is 412 g/mol. The van der Waals surface area contributed by atoms with Crippen molar-refractivity contribution in [3.63, 3.8) is 0 Å². The van der Waals surface area contributed by atoms with E-state index in [1.54, 1.807) is 12.1 Å². The van der Waals surface area contributed by atoms with Gasteiger partial charge in [-0.05, 0) is 69.1 Å². The number of aromatic nitrogens is 2. The largest absolute Gasteiger partial charge is 0.353 e. The number of amides is 1. The molecular formula is C23H34N4O3S. The fraction of sp³-hybridized carbons (Fsp3) is 0.652. The Morgan fingerprint density at radius 1 is 1.29 bits per heavy atom. The minimum atomic E-state index is -3.51. The summed E-state index contributed by atoms with van der Waals surface area (Å²) < 4.78 is 28.2. The molecule has 0 spiro atoms. The van der Waals surface area contributed by atoms with E-state index in [9.17, 15) is 13.2 Å².